The molecule has 2 amide bonds. The van der Waals surface area contributed by atoms with Crippen molar-refractivity contribution in [1.82, 2.24) is 10.6 Å². The zero-order chi connectivity index (χ0) is 16.8. The maximum Gasteiger partial charge on any atom is 0.315 e. The van der Waals surface area contributed by atoms with Crippen molar-refractivity contribution >= 4 is 6.03 Å². The van der Waals surface area contributed by atoms with Crippen LogP contribution in [-0.4, -0.2) is 24.8 Å². The first-order valence-corrected chi connectivity index (χ1v) is 8.52. The van der Waals surface area contributed by atoms with E-state index in [4.69, 9.17) is 4.74 Å². The van der Waals surface area contributed by atoms with Crippen LogP contribution in [0.2, 0.25) is 0 Å². The fraction of sp³-hybridized carbons (Fsp3) is 0.350. The maximum atomic E-state index is 12.5. The molecule has 2 aromatic rings. The topological polar surface area (TPSA) is 50.4 Å². The van der Waals surface area contributed by atoms with E-state index in [1.165, 1.54) is 0 Å². The fourth-order valence-electron chi connectivity index (χ4n) is 3.12. The van der Waals surface area contributed by atoms with Crippen molar-refractivity contribution in [3.8, 4) is 0 Å². The van der Waals surface area contributed by atoms with Gasteiger partial charge < -0.3 is 15.4 Å². The SMILES string of the molecule is C[C@H](NC(=O)NC(c1ccccc1)c1ccccc1)[C@H]1CCCO1. The summed E-state index contributed by atoms with van der Waals surface area (Å²) < 4.78 is 5.65. The summed E-state index contributed by atoms with van der Waals surface area (Å²) in [5, 5.41) is 6.12. The van der Waals surface area contributed by atoms with Gasteiger partial charge in [0.2, 0.25) is 0 Å². The van der Waals surface area contributed by atoms with Crippen molar-refractivity contribution in [2.24, 2.45) is 0 Å². The second-order valence-electron chi connectivity index (χ2n) is 6.21. The summed E-state index contributed by atoms with van der Waals surface area (Å²) in [7, 11) is 0. The molecule has 2 N–H and O–H groups in total. The molecule has 2 aromatic carbocycles. The zero-order valence-corrected chi connectivity index (χ0v) is 13.9. The number of rotatable bonds is 5. The molecule has 0 aliphatic carbocycles. The summed E-state index contributed by atoms with van der Waals surface area (Å²) in [4.78, 5) is 12.5. The van der Waals surface area contributed by atoms with Crippen LogP contribution >= 0.6 is 0 Å². The van der Waals surface area contributed by atoms with E-state index in [-0.39, 0.29) is 24.2 Å². The van der Waals surface area contributed by atoms with Gasteiger partial charge in [0.1, 0.15) is 0 Å². The molecule has 126 valence electrons. The van der Waals surface area contributed by atoms with E-state index >= 15 is 0 Å². The van der Waals surface area contributed by atoms with Gasteiger partial charge in [-0.3, -0.25) is 0 Å². The van der Waals surface area contributed by atoms with Gasteiger partial charge in [-0.25, -0.2) is 4.79 Å². The van der Waals surface area contributed by atoms with Crippen LogP contribution in [0.1, 0.15) is 36.9 Å². The van der Waals surface area contributed by atoms with Crippen molar-refractivity contribution < 1.29 is 9.53 Å². The van der Waals surface area contributed by atoms with Crippen LogP contribution < -0.4 is 10.6 Å². The van der Waals surface area contributed by atoms with Gasteiger partial charge in [0, 0.05) is 6.61 Å². The van der Waals surface area contributed by atoms with Crippen molar-refractivity contribution in [3.63, 3.8) is 0 Å². The Morgan fingerprint density at radius 2 is 1.58 bits per heavy atom. The van der Waals surface area contributed by atoms with E-state index in [9.17, 15) is 4.79 Å². The van der Waals surface area contributed by atoms with Gasteiger partial charge in [0.05, 0.1) is 18.2 Å². The molecule has 0 bridgehead atoms. The average Bonchev–Trinajstić information content (AvgIpc) is 3.16. The maximum absolute atomic E-state index is 12.5. The summed E-state index contributed by atoms with van der Waals surface area (Å²) in [5.74, 6) is 0. The smallest absolute Gasteiger partial charge is 0.315 e. The van der Waals surface area contributed by atoms with Gasteiger partial charge in [-0.15, -0.1) is 0 Å². The lowest BCUT2D eigenvalue weighted by atomic mass is 9.99. The van der Waals surface area contributed by atoms with E-state index in [0.717, 1.165) is 30.6 Å². The van der Waals surface area contributed by atoms with Gasteiger partial charge in [-0.2, -0.15) is 0 Å². The molecule has 0 spiro atoms. The second kappa shape index (κ2) is 7.97. The molecular weight excluding hydrogens is 300 g/mol. The molecule has 0 unspecified atom stereocenters. The largest absolute Gasteiger partial charge is 0.376 e. The lowest BCUT2D eigenvalue weighted by molar-refractivity contribution is 0.0859. The van der Waals surface area contributed by atoms with Crippen LogP contribution in [-0.2, 0) is 4.74 Å². The lowest BCUT2D eigenvalue weighted by Crippen LogP contribution is -2.47. The van der Waals surface area contributed by atoms with Gasteiger partial charge in [-0.1, -0.05) is 60.7 Å². The minimum absolute atomic E-state index is 0.000281. The number of nitrogens with one attached hydrogen (secondary N) is 2. The predicted octanol–water partition coefficient (Wildman–Crippen LogP) is 3.64. The minimum atomic E-state index is -0.177. The standard InChI is InChI=1S/C20H24N2O2/c1-15(18-13-8-14-24-18)21-20(23)22-19(16-9-4-2-5-10-16)17-11-6-3-7-12-17/h2-7,9-12,15,18-19H,8,13-14H2,1H3,(H2,21,22,23)/t15-,18+/m0/s1. The monoisotopic (exact) mass is 324 g/mol. The van der Waals surface area contributed by atoms with Crippen molar-refractivity contribution in [3.05, 3.63) is 71.8 Å². The van der Waals surface area contributed by atoms with E-state index in [0.29, 0.717) is 0 Å². The highest BCUT2D eigenvalue weighted by Crippen LogP contribution is 2.22. The molecule has 2 atom stereocenters. The van der Waals surface area contributed by atoms with Gasteiger partial charge >= 0.3 is 6.03 Å². The van der Waals surface area contributed by atoms with Crippen LogP contribution in [0.25, 0.3) is 0 Å². The number of urea groups is 1. The van der Waals surface area contributed by atoms with Gasteiger partial charge in [-0.05, 0) is 30.9 Å². The van der Waals surface area contributed by atoms with E-state index in [1.54, 1.807) is 0 Å². The molecule has 1 saturated heterocycles. The number of benzene rings is 2. The molecule has 0 saturated carbocycles. The number of carbonyl (C=O) groups is 1. The number of ether oxygens (including phenoxy) is 1. The summed E-state index contributed by atoms with van der Waals surface area (Å²) in [6, 6.07) is 19.7. The van der Waals surface area contributed by atoms with Crippen LogP contribution in [0.15, 0.2) is 60.7 Å². The van der Waals surface area contributed by atoms with Crippen molar-refractivity contribution in [2.45, 2.75) is 38.0 Å². The molecule has 4 heteroatoms. The number of carbonyl (C=O) groups excluding carboxylic acids is 1. The molecule has 24 heavy (non-hydrogen) atoms. The third kappa shape index (κ3) is 4.15. The quantitative estimate of drug-likeness (QED) is 0.882. The predicted molar refractivity (Wildman–Crippen MR) is 94.8 cm³/mol. The molecule has 1 aliphatic rings. The Morgan fingerprint density at radius 3 is 2.08 bits per heavy atom. The molecule has 4 nitrogen and oxygen atoms in total. The zero-order valence-electron chi connectivity index (χ0n) is 13.9. The highest BCUT2D eigenvalue weighted by molar-refractivity contribution is 5.75. The molecule has 0 radical (unpaired) electrons. The lowest BCUT2D eigenvalue weighted by Gasteiger charge is -2.24. The molecule has 0 aromatic heterocycles. The van der Waals surface area contributed by atoms with Crippen LogP contribution in [0.3, 0.4) is 0 Å². The highest BCUT2D eigenvalue weighted by atomic mass is 16.5. The summed E-state index contributed by atoms with van der Waals surface area (Å²) in [5.41, 5.74) is 2.12. The van der Waals surface area contributed by atoms with Crippen molar-refractivity contribution in [2.75, 3.05) is 6.61 Å². The molecule has 1 heterocycles. The molecule has 1 aliphatic heterocycles. The Balaban J connectivity index is 1.71. The van der Waals surface area contributed by atoms with Crippen molar-refractivity contribution in [1.29, 1.82) is 0 Å². The number of hydrogen-bond acceptors (Lipinski definition) is 2. The van der Waals surface area contributed by atoms with Crippen LogP contribution in [0.5, 0.6) is 0 Å². The first-order chi connectivity index (χ1) is 11.7. The number of amides is 2. The van der Waals surface area contributed by atoms with E-state index in [2.05, 4.69) is 10.6 Å². The van der Waals surface area contributed by atoms with Gasteiger partial charge in [0.15, 0.2) is 0 Å². The van der Waals surface area contributed by atoms with E-state index in [1.807, 2.05) is 67.6 Å². The summed E-state index contributed by atoms with van der Waals surface area (Å²) >= 11 is 0. The second-order valence-corrected chi connectivity index (χ2v) is 6.21. The summed E-state index contributed by atoms with van der Waals surface area (Å²) in [6.45, 7) is 2.78. The van der Waals surface area contributed by atoms with Crippen LogP contribution in [0, 0.1) is 0 Å². The minimum Gasteiger partial charge on any atom is -0.376 e. The third-order valence-corrected chi connectivity index (χ3v) is 4.42. The Morgan fingerprint density at radius 1 is 1.00 bits per heavy atom. The fourth-order valence-corrected chi connectivity index (χ4v) is 3.12. The number of hydrogen-bond donors (Lipinski definition) is 2. The Bertz CT molecular complexity index is 600. The van der Waals surface area contributed by atoms with Crippen LogP contribution in [0.4, 0.5) is 4.79 Å². The first kappa shape index (κ1) is 16.5. The van der Waals surface area contributed by atoms with Gasteiger partial charge in [0.25, 0.3) is 0 Å². The third-order valence-electron chi connectivity index (χ3n) is 4.42. The Labute approximate surface area is 143 Å². The Hall–Kier alpha value is -2.33. The summed E-state index contributed by atoms with van der Waals surface area (Å²) in [6.07, 6.45) is 2.18. The average molecular weight is 324 g/mol. The normalized spacial score (nSPS) is 18.3. The molecule has 1 fully saturated rings. The molecule has 3 rings (SSSR count). The first-order valence-electron chi connectivity index (χ1n) is 8.52. The highest BCUT2D eigenvalue weighted by Gasteiger charge is 2.24. The molecular formula is C20H24N2O2. The van der Waals surface area contributed by atoms with E-state index < -0.39 is 0 Å². The Kier molecular flexibility index (Phi) is 5.49.